The van der Waals surface area contributed by atoms with Crippen LogP contribution in [0.2, 0.25) is 0 Å². The largest absolute Gasteiger partial charge is 0.510 e. The molecule has 0 aromatic carbocycles. The molecule has 0 unspecified atom stereocenters. The maximum Gasteiger partial charge on any atom is 0.182 e. The standard InChI is InChI=1S/C22H36O4/c1-6-7-8-9-10-11-12-13-14-15-16(23)17-18(24)21(2,3)20(26)22(4,5)19(17)25/h24H,6-15H2,1-5H3. The average molecular weight is 365 g/mol. The van der Waals surface area contributed by atoms with E-state index in [2.05, 4.69) is 6.92 Å². The Morgan fingerprint density at radius 2 is 1.27 bits per heavy atom. The van der Waals surface area contributed by atoms with E-state index in [4.69, 9.17) is 0 Å². The molecule has 0 bridgehead atoms. The lowest BCUT2D eigenvalue weighted by atomic mass is 9.63. The first-order valence-corrected chi connectivity index (χ1v) is 10.1. The summed E-state index contributed by atoms with van der Waals surface area (Å²) in [5.41, 5.74) is -2.61. The molecular formula is C22H36O4. The Hall–Kier alpha value is -1.45. The van der Waals surface area contributed by atoms with Gasteiger partial charge in [0, 0.05) is 6.42 Å². The van der Waals surface area contributed by atoms with Crippen LogP contribution in [0.3, 0.4) is 0 Å². The fourth-order valence-corrected chi connectivity index (χ4v) is 3.70. The number of allylic oxidation sites excluding steroid dienone is 2. The molecule has 4 heteroatoms. The van der Waals surface area contributed by atoms with Gasteiger partial charge < -0.3 is 5.11 Å². The van der Waals surface area contributed by atoms with E-state index in [0.717, 1.165) is 12.8 Å². The van der Waals surface area contributed by atoms with Gasteiger partial charge in [-0.2, -0.15) is 0 Å². The zero-order valence-electron chi connectivity index (χ0n) is 17.2. The normalized spacial score (nSPS) is 19.1. The lowest BCUT2D eigenvalue weighted by molar-refractivity contribution is -0.145. The molecule has 0 aromatic heterocycles. The monoisotopic (exact) mass is 364 g/mol. The summed E-state index contributed by atoms with van der Waals surface area (Å²) in [5.74, 6) is -1.57. The molecular weight excluding hydrogens is 328 g/mol. The van der Waals surface area contributed by atoms with Gasteiger partial charge in [-0.25, -0.2) is 0 Å². The van der Waals surface area contributed by atoms with Gasteiger partial charge >= 0.3 is 0 Å². The molecule has 1 rings (SSSR count). The molecule has 26 heavy (non-hydrogen) atoms. The molecule has 0 fully saturated rings. The fraction of sp³-hybridized carbons (Fsp3) is 0.773. The van der Waals surface area contributed by atoms with Crippen LogP contribution in [0.15, 0.2) is 11.3 Å². The Labute approximate surface area is 158 Å². The van der Waals surface area contributed by atoms with E-state index in [1.165, 1.54) is 52.4 Å². The summed E-state index contributed by atoms with van der Waals surface area (Å²) in [6.45, 7) is 8.43. The number of hydrogen-bond donors (Lipinski definition) is 1. The van der Waals surface area contributed by atoms with Gasteiger partial charge in [-0.3, -0.25) is 14.4 Å². The number of carbonyl (C=O) groups is 3. The van der Waals surface area contributed by atoms with Crippen LogP contribution in [0.25, 0.3) is 0 Å². The highest BCUT2D eigenvalue weighted by Gasteiger charge is 2.54. The quantitative estimate of drug-likeness (QED) is 0.299. The van der Waals surface area contributed by atoms with Gasteiger partial charge in [0.2, 0.25) is 0 Å². The van der Waals surface area contributed by atoms with Crippen molar-refractivity contribution >= 4 is 17.3 Å². The maximum absolute atomic E-state index is 12.6. The van der Waals surface area contributed by atoms with Crippen LogP contribution in [-0.2, 0) is 14.4 Å². The Morgan fingerprint density at radius 3 is 1.77 bits per heavy atom. The van der Waals surface area contributed by atoms with Gasteiger partial charge in [0.1, 0.15) is 11.3 Å². The van der Waals surface area contributed by atoms with Crippen LogP contribution in [0.1, 0.15) is 98.8 Å². The minimum absolute atomic E-state index is 0.154. The molecule has 0 heterocycles. The van der Waals surface area contributed by atoms with Crippen molar-refractivity contribution in [2.24, 2.45) is 10.8 Å². The molecule has 1 aliphatic carbocycles. The van der Waals surface area contributed by atoms with Crippen LogP contribution in [0, 0.1) is 10.8 Å². The highest BCUT2D eigenvalue weighted by atomic mass is 16.3. The summed E-state index contributed by atoms with van der Waals surface area (Å²) >= 11 is 0. The first-order valence-electron chi connectivity index (χ1n) is 10.1. The van der Waals surface area contributed by atoms with E-state index in [-0.39, 0.29) is 29.3 Å². The summed E-state index contributed by atoms with van der Waals surface area (Å²) in [6, 6.07) is 0. The predicted molar refractivity (Wildman–Crippen MR) is 104 cm³/mol. The van der Waals surface area contributed by atoms with Gasteiger partial charge in [0.15, 0.2) is 17.3 Å². The van der Waals surface area contributed by atoms with Crippen molar-refractivity contribution in [2.45, 2.75) is 98.8 Å². The maximum atomic E-state index is 12.6. The SMILES string of the molecule is CCCCCCCCCCCC(=O)C1=C(O)C(C)(C)C(=O)C(C)(C)C1=O. The van der Waals surface area contributed by atoms with Crippen molar-refractivity contribution in [3.8, 4) is 0 Å². The molecule has 0 saturated carbocycles. The minimum atomic E-state index is -1.26. The van der Waals surface area contributed by atoms with E-state index >= 15 is 0 Å². The third kappa shape index (κ3) is 5.05. The smallest absolute Gasteiger partial charge is 0.182 e. The summed E-state index contributed by atoms with van der Waals surface area (Å²) in [6.07, 6.45) is 10.6. The summed E-state index contributed by atoms with van der Waals surface area (Å²) < 4.78 is 0. The van der Waals surface area contributed by atoms with Crippen molar-refractivity contribution in [3.63, 3.8) is 0 Å². The zero-order chi connectivity index (χ0) is 20.0. The first kappa shape index (κ1) is 22.6. The molecule has 1 aliphatic rings. The lowest BCUT2D eigenvalue weighted by Gasteiger charge is -2.37. The second kappa shape index (κ2) is 9.48. The molecule has 148 valence electrons. The molecule has 0 amide bonds. The van der Waals surface area contributed by atoms with Crippen molar-refractivity contribution in [3.05, 3.63) is 11.3 Å². The summed E-state index contributed by atoms with van der Waals surface area (Å²) in [7, 11) is 0. The first-order chi connectivity index (χ1) is 12.1. The number of hydrogen-bond acceptors (Lipinski definition) is 4. The second-order valence-corrected chi connectivity index (χ2v) is 8.63. The van der Waals surface area contributed by atoms with E-state index < -0.39 is 16.6 Å². The van der Waals surface area contributed by atoms with E-state index in [1.807, 2.05) is 0 Å². The Bertz CT molecular complexity index is 567. The van der Waals surface area contributed by atoms with Gasteiger partial charge in [-0.15, -0.1) is 0 Å². The molecule has 0 spiro atoms. The van der Waals surface area contributed by atoms with E-state index in [1.54, 1.807) is 13.8 Å². The third-order valence-electron chi connectivity index (χ3n) is 5.55. The minimum Gasteiger partial charge on any atom is -0.510 e. The number of ketones is 3. The zero-order valence-corrected chi connectivity index (χ0v) is 17.2. The number of Topliss-reactive ketones (excluding diaryl/α,β-unsaturated/α-hetero) is 3. The molecule has 0 aromatic rings. The predicted octanol–water partition coefficient (Wildman–Crippen LogP) is 5.49. The number of unbranched alkanes of at least 4 members (excludes halogenated alkanes) is 8. The van der Waals surface area contributed by atoms with Crippen molar-refractivity contribution in [2.75, 3.05) is 0 Å². The van der Waals surface area contributed by atoms with Gasteiger partial charge in [-0.05, 0) is 34.1 Å². The van der Waals surface area contributed by atoms with E-state index in [9.17, 15) is 19.5 Å². The van der Waals surface area contributed by atoms with Crippen molar-refractivity contribution < 1.29 is 19.5 Å². The fourth-order valence-electron chi connectivity index (χ4n) is 3.70. The topological polar surface area (TPSA) is 71.4 Å². The second-order valence-electron chi connectivity index (χ2n) is 8.63. The molecule has 0 atom stereocenters. The molecule has 0 saturated heterocycles. The number of aliphatic hydroxyl groups is 1. The third-order valence-corrected chi connectivity index (χ3v) is 5.55. The lowest BCUT2D eigenvalue weighted by Crippen LogP contribution is -2.50. The van der Waals surface area contributed by atoms with Gasteiger partial charge in [-0.1, -0.05) is 58.3 Å². The average Bonchev–Trinajstić information content (AvgIpc) is 2.58. The summed E-state index contributed by atoms with van der Waals surface area (Å²) in [4.78, 5) is 37.6. The summed E-state index contributed by atoms with van der Waals surface area (Å²) in [5, 5.41) is 10.4. The highest BCUT2D eigenvalue weighted by Crippen LogP contribution is 2.43. The van der Waals surface area contributed by atoms with Gasteiger partial charge in [0.05, 0.1) is 10.8 Å². The Kier molecular flexibility index (Phi) is 8.23. The Balaban J connectivity index is 2.55. The van der Waals surface area contributed by atoms with Crippen LogP contribution in [0.5, 0.6) is 0 Å². The molecule has 0 radical (unpaired) electrons. The van der Waals surface area contributed by atoms with E-state index in [0.29, 0.717) is 6.42 Å². The number of aliphatic hydroxyl groups excluding tert-OH is 1. The molecule has 0 aliphatic heterocycles. The van der Waals surface area contributed by atoms with Crippen LogP contribution < -0.4 is 0 Å². The van der Waals surface area contributed by atoms with Crippen molar-refractivity contribution in [1.82, 2.24) is 0 Å². The van der Waals surface area contributed by atoms with Crippen LogP contribution >= 0.6 is 0 Å². The highest BCUT2D eigenvalue weighted by molar-refractivity contribution is 6.30. The number of carbonyl (C=O) groups excluding carboxylic acids is 3. The molecule has 4 nitrogen and oxygen atoms in total. The van der Waals surface area contributed by atoms with Crippen LogP contribution in [-0.4, -0.2) is 22.5 Å². The van der Waals surface area contributed by atoms with Crippen LogP contribution in [0.4, 0.5) is 0 Å². The number of rotatable bonds is 11. The molecule has 1 N–H and O–H groups in total. The Morgan fingerprint density at radius 1 is 0.808 bits per heavy atom. The van der Waals surface area contributed by atoms with Crippen molar-refractivity contribution in [1.29, 1.82) is 0 Å². The van der Waals surface area contributed by atoms with Gasteiger partial charge in [0.25, 0.3) is 0 Å².